The van der Waals surface area contributed by atoms with Crippen LogP contribution < -0.4 is 16.0 Å². The lowest BCUT2D eigenvalue weighted by Gasteiger charge is -2.52. The molecule has 2 fully saturated rings. The van der Waals surface area contributed by atoms with E-state index in [2.05, 4.69) is 5.32 Å². The lowest BCUT2D eigenvalue weighted by Crippen LogP contribution is -2.71. The van der Waals surface area contributed by atoms with Gasteiger partial charge in [0.05, 0.1) is 11.5 Å². The van der Waals surface area contributed by atoms with Gasteiger partial charge in [0.15, 0.2) is 34.7 Å². The van der Waals surface area contributed by atoms with E-state index in [9.17, 15) is 34.2 Å². The second kappa shape index (κ2) is 10.1. The zero-order valence-electron chi connectivity index (χ0n) is 23.4. The van der Waals surface area contributed by atoms with Crippen LogP contribution in [0.25, 0.3) is 0 Å². The number of Topliss-reactive ketones (excluding diaryl/α,β-unsaturated/α-hetero) is 4. The van der Waals surface area contributed by atoms with Crippen LogP contribution in [0.4, 0.5) is 5.69 Å². The molecule has 1 amide bonds. The second-order valence-electron chi connectivity index (χ2n) is 12.0. The highest BCUT2D eigenvalue weighted by Gasteiger charge is 2.69. The first-order chi connectivity index (χ1) is 18.2. The minimum Gasteiger partial charge on any atom is -0.507 e. The van der Waals surface area contributed by atoms with Crippen molar-refractivity contribution in [1.29, 1.82) is 0 Å². The molecule has 39 heavy (non-hydrogen) atoms. The lowest BCUT2D eigenvalue weighted by molar-refractivity contribution is -0.182. The monoisotopic (exact) mass is 541 g/mol. The molecule has 3 aliphatic rings. The number of nitrogens with two attached hydrogens (primary N) is 1. The molecule has 0 heterocycles. The first-order valence-corrected chi connectivity index (χ1v) is 13.6. The maximum absolute atomic E-state index is 14.0. The Morgan fingerprint density at radius 1 is 1.18 bits per heavy atom. The number of phenols is 1. The molecule has 7 atom stereocenters. The average Bonchev–Trinajstić information content (AvgIpc) is 2.84. The first-order valence-electron chi connectivity index (χ1n) is 13.6. The number of aromatic hydroxyl groups is 1. The zero-order valence-corrected chi connectivity index (χ0v) is 23.4. The summed E-state index contributed by atoms with van der Waals surface area (Å²) >= 11 is 0. The number of fused-ring (bicyclic) bond motifs is 3. The van der Waals surface area contributed by atoms with Crippen molar-refractivity contribution in [2.75, 3.05) is 19.0 Å². The van der Waals surface area contributed by atoms with Crippen LogP contribution in [0.2, 0.25) is 0 Å². The Bertz CT molecular complexity index is 1260. The van der Waals surface area contributed by atoms with Crippen LogP contribution in [0.1, 0.15) is 62.0 Å². The van der Waals surface area contributed by atoms with Gasteiger partial charge in [0.2, 0.25) is 5.91 Å². The number of aliphatic hydroxyl groups is 1. The van der Waals surface area contributed by atoms with E-state index in [-0.39, 0.29) is 36.1 Å². The van der Waals surface area contributed by atoms with Crippen molar-refractivity contribution in [2.24, 2.45) is 41.2 Å². The summed E-state index contributed by atoms with van der Waals surface area (Å²) in [5.41, 5.74) is 4.54. The molecule has 3 aliphatic carbocycles. The van der Waals surface area contributed by atoms with E-state index in [1.165, 1.54) is 0 Å². The number of nitrogens with one attached hydrogen (secondary N) is 1. The van der Waals surface area contributed by atoms with E-state index >= 15 is 0 Å². The summed E-state index contributed by atoms with van der Waals surface area (Å²) in [6.45, 7) is 7.79. The van der Waals surface area contributed by atoms with Crippen molar-refractivity contribution in [2.45, 2.75) is 65.1 Å². The van der Waals surface area contributed by atoms with Gasteiger partial charge in [0.25, 0.3) is 0 Å². The third kappa shape index (κ3) is 4.28. The summed E-state index contributed by atoms with van der Waals surface area (Å²) < 4.78 is 0. The lowest BCUT2D eigenvalue weighted by atomic mass is 9.49. The predicted molar refractivity (Wildman–Crippen MR) is 143 cm³/mol. The van der Waals surface area contributed by atoms with Gasteiger partial charge < -0.3 is 26.2 Å². The van der Waals surface area contributed by atoms with Crippen LogP contribution in [0.15, 0.2) is 6.07 Å². The topological polar surface area (TPSA) is 167 Å². The van der Waals surface area contributed by atoms with Gasteiger partial charge in [0, 0.05) is 49.8 Å². The Morgan fingerprint density at radius 3 is 2.36 bits per heavy atom. The third-order valence-corrected chi connectivity index (χ3v) is 9.10. The van der Waals surface area contributed by atoms with Crippen LogP contribution in [0.5, 0.6) is 5.75 Å². The number of primary amides is 1. The number of hydrogen-bond acceptors (Lipinski definition) is 9. The van der Waals surface area contributed by atoms with E-state index in [4.69, 9.17) is 5.73 Å². The number of amides is 1. The highest BCUT2D eigenvalue weighted by atomic mass is 16.3. The SMILES string of the molecule is CCC(C)NCc1cc(N(C)C)c2c(c1O)C(=O)C1C(=O)[C@]3(O)C(=O)C(C(N)=O)C(=O)[C@@H](C(C)C)[C@@H]3C[C@@H]1C2. The summed E-state index contributed by atoms with van der Waals surface area (Å²) in [6, 6.07) is 2.00. The summed E-state index contributed by atoms with van der Waals surface area (Å²) in [7, 11) is 3.66. The standard InChI is InChI=1S/C29H39N3O7/c1-7-13(4)31-11-15-10-18(32(5)6)16-8-14-9-17-19(12(2)3)24(34)22(28(30)38)27(37)29(17,39)26(36)20(14)25(35)21(16)23(15)33/h10,12-14,17,19-20,22,31,33,39H,7-9,11H2,1-6H3,(H2,30,38)/t13?,14-,17-,19-,20?,22?,29-/m0/s1. The number of carbonyl (C=O) groups excluding carboxylic acids is 5. The molecular weight excluding hydrogens is 502 g/mol. The molecule has 2 saturated carbocycles. The zero-order chi connectivity index (χ0) is 29.1. The fourth-order valence-corrected chi connectivity index (χ4v) is 6.92. The highest BCUT2D eigenvalue weighted by molar-refractivity contribution is 6.32. The predicted octanol–water partition coefficient (Wildman–Crippen LogP) is 1.16. The quantitative estimate of drug-likeness (QED) is 0.370. The maximum atomic E-state index is 14.0. The smallest absolute Gasteiger partial charge is 0.235 e. The number of rotatable bonds is 7. The number of ketones is 4. The number of anilines is 1. The largest absolute Gasteiger partial charge is 0.507 e. The Balaban J connectivity index is 1.85. The number of phenolic OH excluding ortho intramolecular Hbond substituents is 1. The summed E-state index contributed by atoms with van der Waals surface area (Å²) in [6.07, 6.45) is 1.18. The Morgan fingerprint density at radius 2 is 1.82 bits per heavy atom. The van der Waals surface area contributed by atoms with Gasteiger partial charge in [-0.25, -0.2) is 0 Å². The van der Waals surface area contributed by atoms with Crippen LogP contribution in [0, 0.1) is 35.5 Å². The molecule has 5 N–H and O–H groups in total. The number of hydrogen-bond donors (Lipinski definition) is 4. The van der Waals surface area contributed by atoms with Crippen molar-refractivity contribution < 1.29 is 34.2 Å². The van der Waals surface area contributed by atoms with E-state index in [1.807, 2.05) is 38.9 Å². The van der Waals surface area contributed by atoms with Gasteiger partial charge >= 0.3 is 0 Å². The van der Waals surface area contributed by atoms with Crippen molar-refractivity contribution in [3.63, 3.8) is 0 Å². The first kappa shape index (κ1) is 28.9. The molecule has 0 spiro atoms. The van der Waals surface area contributed by atoms with Gasteiger partial charge in [-0.3, -0.25) is 24.0 Å². The van der Waals surface area contributed by atoms with Gasteiger partial charge in [-0.05, 0) is 49.7 Å². The van der Waals surface area contributed by atoms with Crippen LogP contribution in [0.3, 0.4) is 0 Å². The molecule has 3 unspecified atom stereocenters. The minimum absolute atomic E-state index is 0.0185. The molecule has 0 aliphatic heterocycles. The number of benzene rings is 1. The molecule has 212 valence electrons. The number of carbonyl (C=O) groups is 5. The molecule has 1 aromatic carbocycles. The Labute approximate surface area is 228 Å². The average molecular weight is 542 g/mol. The van der Waals surface area contributed by atoms with Crippen LogP contribution in [-0.4, -0.2) is 65.0 Å². The Kier molecular flexibility index (Phi) is 7.50. The van der Waals surface area contributed by atoms with Crippen LogP contribution in [-0.2, 0) is 32.1 Å². The molecule has 10 nitrogen and oxygen atoms in total. The van der Waals surface area contributed by atoms with Gasteiger partial charge in [-0.15, -0.1) is 0 Å². The molecule has 1 aromatic rings. The normalized spacial score (nSPS) is 31.0. The van der Waals surface area contributed by atoms with Crippen molar-refractivity contribution in [3.8, 4) is 5.75 Å². The minimum atomic E-state index is -2.69. The van der Waals surface area contributed by atoms with Gasteiger partial charge in [-0.1, -0.05) is 20.8 Å². The van der Waals surface area contributed by atoms with E-state index in [0.29, 0.717) is 17.7 Å². The molecule has 0 saturated heterocycles. The maximum Gasteiger partial charge on any atom is 0.235 e. The second-order valence-corrected chi connectivity index (χ2v) is 12.0. The van der Waals surface area contributed by atoms with Gasteiger partial charge in [-0.2, -0.15) is 0 Å². The van der Waals surface area contributed by atoms with E-state index in [0.717, 1.165) is 12.1 Å². The molecular formula is C29H39N3O7. The highest BCUT2D eigenvalue weighted by Crippen LogP contribution is 2.54. The summed E-state index contributed by atoms with van der Waals surface area (Å²) in [5, 5.41) is 26.3. The molecule has 0 radical (unpaired) electrons. The Hall–Kier alpha value is -3.11. The summed E-state index contributed by atoms with van der Waals surface area (Å²) in [4.78, 5) is 68.7. The van der Waals surface area contributed by atoms with E-state index < -0.39 is 64.2 Å². The number of nitrogens with zero attached hydrogens (tertiary/aromatic N) is 1. The molecule has 4 rings (SSSR count). The molecule has 0 aromatic heterocycles. The summed E-state index contributed by atoms with van der Waals surface area (Å²) in [5.74, 6) is -11.4. The van der Waals surface area contributed by atoms with Crippen molar-refractivity contribution >= 4 is 34.7 Å². The van der Waals surface area contributed by atoms with E-state index in [1.54, 1.807) is 13.8 Å². The fraction of sp³-hybridized carbons (Fsp3) is 0.621. The molecule has 0 bridgehead atoms. The molecule has 10 heteroatoms. The fourth-order valence-electron chi connectivity index (χ4n) is 6.92. The van der Waals surface area contributed by atoms with Gasteiger partial charge in [0.1, 0.15) is 5.75 Å². The van der Waals surface area contributed by atoms with Crippen molar-refractivity contribution in [3.05, 3.63) is 22.8 Å². The van der Waals surface area contributed by atoms with Crippen molar-refractivity contribution in [1.82, 2.24) is 5.32 Å². The van der Waals surface area contributed by atoms with Crippen LogP contribution >= 0.6 is 0 Å². The third-order valence-electron chi connectivity index (χ3n) is 9.10.